The van der Waals surface area contributed by atoms with Gasteiger partial charge in [0.15, 0.2) is 0 Å². The largest absolute Gasteiger partial charge is 0.376 e. The first-order valence-corrected chi connectivity index (χ1v) is 13.9. The Bertz CT molecular complexity index is 1070. The highest BCUT2D eigenvalue weighted by molar-refractivity contribution is 7.90. The van der Waals surface area contributed by atoms with Crippen LogP contribution in [0.5, 0.6) is 0 Å². The van der Waals surface area contributed by atoms with Crippen molar-refractivity contribution in [3.63, 3.8) is 0 Å². The van der Waals surface area contributed by atoms with Gasteiger partial charge in [-0.15, -0.1) is 0 Å². The quantitative estimate of drug-likeness (QED) is 0.468. The second kappa shape index (κ2) is 11.5. The second-order valence-electron chi connectivity index (χ2n) is 10.3. The molecule has 1 atom stereocenters. The van der Waals surface area contributed by atoms with Crippen LogP contribution in [0.4, 0.5) is 0 Å². The first kappa shape index (κ1) is 26.4. The highest BCUT2D eigenvalue weighted by atomic mass is 32.2. The van der Waals surface area contributed by atoms with E-state index >= 15 is 0 Å². The van der Waals surface area contributed by atoms with Crippen LogP contribution in [0.15, 0.2) is 35.6 Å². The summed E-state index contributed by atoms with van der Waals surface area (Å²) in [6.07, 6.45) is 4.04. The predicted molar refractivity (Wildman–Crippen MR) is 133 cm³/mol. The third kappa shape index (κ3) is 7.15. The number of amides is 1. The van der Waals surface area contributed by atoms with Crippen LogP contribution < -0.4 is 0 Å². The lowest BCUT2D eigenvalue weighted by molar-refractivity contribution is -0.134. The van der Waals surface area contributed by atoms with Gasteiger partial charge in [-0.3, -0.25) is 4.79 Å². The Hall–Kier alpha value is -2.19. The minimum absolute atomic E-state index is 0.0297. The fraction of sp³-hybridized carbons (Fsp3) is 0.615. The van der Waals surface area contributed by atoms with E-state index in [-0.39, 0.29) is 34.8 Å². The average Bonchev–Trinajstić information content (AvgIpc) is 3.37. The summed E-state index contributed by atoms with van der Waals surface area (Å²) < 4.78 is 34.4. The van der Waals surface area contributed by atoms with Crippen LogP contribution in [-0.2, 0) is 38.2 Å². The van der Waals surface area contributed by atoms with Crippen LogP contribution in [0, 0.1) is 18.8 Å². The minimum Gasteiger partial charge on any atom is -0.376 e. The summed E-state index contributed by atoms with van der Waals surface area (Å²) in [5, 5.41) is 0.0751. The Labute approximate surface area is 204 Å². The zero-order chi connectivity index (χ0) is 24.9. The molecule has 0 aliphatic carbocycles. The van der Waals surface area contributed by atoms with Gasteiger partial charge in [-0.05, 0) is 37.2 Å². The van der Waals surface area contributed by atoms with Crippen molar-refractivity contribution in [2.75, 3.05) is 13.2 Å². The summed E-state index contributed by atoms with van der Waals surface area (Å²) in [5.41, 5.74) is 2.51. The van der Waals surface area contributed by atoms with Crippen LogP contribution >= 0.6 is 0 Å². The van der Waals surface area contributed by atoms with Crippen molar-refractivity contribution in [2.24, 2.45) is 11.8 Å². The van der Waals surface area contributed by atoms with E-state index in [1.165, 1.54) is 0 Å². The highest BCUT2D eigenvalue weighted by Gasteiger charge is 2.28. The molecule has 2 heterocycles. The van der Waals surface area contributed by atoms with Crippen molar-refractivity contribution >= 4 is 15.7 Å². The number of hydrogen-bond acceptors (Lipinski definition) is 5. The van der Waals surface area contributed by atoms with Gasteiger partial charge in [0.1, 0.15) is 0 Å². The standard InChI is InChI=1S/C26H39N3O4S/c1-19(2)12-25(30)28(17-24-10-7-11-33-24)16-23-14-27-26(29(23)15-20(3)4)34(31,32)18-22-9-6-8-21(5)13-22/h6,8-9,13-14,19-20,24H,7,10-12,15-18H2,1-5H3/t24-/m1/s1. The maximum atomic E-state index is 13.4. The van der Waals surface area contributed by atoms with E-state index in [4.69, 9.17) is 4.74 Å². The summed E-state index contributed by atoms with van der Waals surface area (Å²) in [5.74, 6) is 0.422. The summed E-state index contributed by atoms with van der Waals surface area (Å²) in [7, 11) is -3.66. The van der Waals surface area contributed by atoms with Crippen LogP contribution in [0.25, 0.3) is 0 Å². The van der Waals surface area contributed by atoms with E-state index in [2.05, 4.69) is 18.8 Å². The van der Waals surface area contributed by atoms with Crippen LogP contribution in [0.1, 0.15) is 63.8 Å². The Balaban J connectivity index is 1.90. The SMILES string of the molecule is Cc1cccc(CS(=O)(=O)c2ncc(CN(C[C@H]3CCCO3)C(=O)CC(C)C)n2CC(C)C)c1. The lowest BCUT2D eigenvalue weighted by Crippen LogP contribution is -2.38. The average molecular weight is 490 g/mol. The van der Waals surface area contributed by atoms with Crippen LogP contribution in [0.2, 0.25) is 0 Å². The number of aromatic nitrogens is 2. The van der Waals surface area contributed by atoms with E-state index in [0.29, 0.717) is 26.1 Å². The van der Waals surface area contributed by atoms with Gasteiger partial charge in [-0.2, -0.15) is 0 Å². The number of benzene rings is 1. The molecule has 34 heavy (non-hydrogen) atoms. The van der Waals surface area contributed by atoms with Gasteiger partial charge >= 0.3 is 0 Å². The molecule has 1 aliphatic heterocycles. The third-order valence-corrected chi connectivity index (χ3v) is 7.50. The number of hydrogen-bond donors (Lipinski definition) is 0. The van der Waals surface area contributed by atoms with Gasteiger partial charge in [0.05, 0.1) is 30.3 Å². The molecule has 188 valence electrons. The number of nitrogens with zero attached hydrogens (tertiary/aromatic N) is 3. The van der Waals surface area contributed by atoms with Crippen molar-refractivity contribution in [3.8, 4) is 0 Å². The first-order valence-electron chi connectivity index (χ1n) is 12.3. The van der Waals surface area contributed by atoms with E-state index in [1.807, 2.05) is 49.9 Å². The maximum absolute atomic E-state index is 13.4. The summed E-state index contributed by atoms with van der Waals surface area (Å²) in [6, 6.07) is 7.54. The molecule has 0 spiro atoms. The van der Waals surface area contributed by atoms with Crippen molar-refractivity contribution in [3.05, 3.63) is 47.3 Å². The monoisotopic (exact) mass is 489 g/mol. The summed E-state index contributed by atoms with van der Waals surface area (Å²) in [4.78, 5) is 19.3. The molecule has 1 amide bonds. The highest BCUT2D eigenvalue weighted by Crippen LogP contribution is 2.22. The molecule has 1 aromatic carbocycles. The predicted octanol–water partition coefficient (Wildman–Crippen LogP) is 4.38. The second-order valence-corrected chi connectivity index (χ2v) is 12.2. The topological polar surface area (TPSA) is 81.5 Å². The fourth-order valence-corrected chi connectivity index (χ4v) is 5.86. The molecule has 0 N–H and O–H groups in total. The smallest absolute Gasteiger partial charge is 0.228 e. The molecule has 1 aliphatic rings. The molecule has 1 aromatic heterocycles. The zero-order valence-corrected chi connectivity index (χ0v) is 22.0. The van der Waals surface area contributed by atoms with Crippen molar-refractivity contribution in [2.45, 2.75) is 84.0 Å². The molecule has 3 rings (SSSR count). The third-order valence-electron chi connectivity index (χ3n) is 5.90. The van der Waals surface area contributed by atoms with Crippen LogP contribution in [-0.4, -0.2) is 48.0 Å². The number of carbonyl (C=O) groups excluding carboxylic acids is 1. The Morgan fingerprint density at radius 1 is 1.24 bits per heavy atom. The maximum Gasteiger partial charge on any atom is 0.228 e. The molecule has 0 bridgehead atoms. The normalized spacial score (nSPS) is 16.5. The van der Waals surface area contributed by atoms with E-state index < -0.39 is 9.84 Å². The number of aryl methyl sites for hydroxylation is 1. The van der Waals surface area contributed by atoms with Gasteiger partial charge in [-0.1, -0.05) is 57.5 Å². The summed E-state index contributed by atoms with van der Waals surface area (Å²) in [6.45, 7) is 12.2. The van der Waals surface area contributed by atoms with Gasteiger partial charge in [0, 0.05) is 26.1 Å². The molecular weight excluding hydrogens is 450 g/mol. The van der Waals surface area contributed by atoms with Crippen molar-refractivity contribution in [1.82, 2.24) is 14.5 Å². The molecule has 8 heteroatoms. The number of carbonyl (C=O) groups is 1. The number of ether oxygens (including phenoxy) is 1. The molecule has 1 saturated heterocycles. The van der Waals surface area contributed by atoms with Gasteiger partial charge in [-0.25, -0.2) is 13.4 Å². The number of rotatable bonds is 11. The Kier molecular flexibility index (Phi) is 8.93. The molecule has 0 radical (unpaired) electrons. The molecule has 2 aromatic rings. The first-order chi connectivity index (χ1) is 16.0. The van der Waals surface area contributed by atoms with Gasteiger partial charge in [0.25, 0.3) is 0 Å². The van der Waals surface area contributed by atoms with E-state index in [0.717, 1.165) is 36.3 Å². The summed E-state index contributed by atoms with van der Waals surface area (Å²) >= 11 is 0. The van der Waals surface area contributed by atoms with E-state index in [9.17, 15) is 13.2 Å². The van der Waals surface area contributed by atoms with E-state index in [1.54, 1.807) is 10.8 Å². The lowest BCUT2D eigenvalue weighted by Gasteiger charge is -2.27. The van der Waals surface area contributed by atoms with Crippen molar-refractivity contribution < 1.29 is 17.9 Å². The number of sulfone groups is 1. The lowest BCUT2D eigenvalue weighted by atomic mass is 10.1. The minimum atomic E-state index is -3.66. The molecule has 7 nitrogen and oxygen atoms in total. The molecule has 0 saturated carbocycles. The molecule has 1 fully saturated rings. The Morgan fingerprint density at radius 3 is 2.62 bits per heavy atom. The number of imidazole rings is 1. The van der Waals surface area contributed by atoms with Gasteiger partial charge in [0.2, 0.25) is 20.9 Å². The Morgan fingerprint density at radius 2 is 2.00 bits per heavy atom. The molecular formula is C26H39N3O4S. The molecule has 0 unspecified atom stereocenters. The van der Waals surface area contributed by atoms with Crippen molar-refractivity contribution in [1.29, 1.82) is 0 Å². The zero-order valence-electron chi connectivity index (χ0n) is 21.2. The van der Waals surface area contributed by atoms with Crippen LogP contribution in [0.3, 0.4) is 0 Å². The van der Waals surface area contributed by atoms with Gasteiger partial charge < -0.3 is 14.2 Å². The fourth-order valence-electron chi connectivity index (χ4n) is 4.38.